The van der Waals surface area contributed by atoms with Gasteiger partial charge >= 0.3 is 0 Å². The molecule has 0 fully saturated rings. The molecular formula is C26H23N3O3S2. The Hall–Kier alpha value is -3.62. The number of hydrogen-bond donors (Lipinski definition) is 2. The lowest BCUT2D eigenvalue weighted by molar-refractivity contribution is -0.115. The Kier molecular flexibility index (Phi) is 7.61. The van der Waals surface area contributed by atoms with E-state index in [4.69, 9.17) is 4.74 Å². The Morgan fingerprint density at radius 1 is 0.941 bits per heavy atom. The molecule has 8 heteroatoms. The van der Waals surface area contributed by atoms with Crippen LogP contribution in [0.25, 0.3) is 11.3 Å². The number of thiazole rings is 1. The highest BCUT2D eigenvalue weighted by molar-refractivity contribution is 8.00. The fraction of sp³-hybridized carbons (Fsp3) is 0.115. The first-order valence-electron chi connectivity index (χ1n) is 10.6. The molecule has 0 aliphatic rings. The third kappa shape index (κ3) is 6.03. The van der Waals surface area contributed by atoms with Gasteiger partial charge in [-0.3, -0.25) is 9.59 Å². The van der Waals surface area contributed by atoms with E-state index in [1.54, 1.807) is 31.4 Å². The normalized spacial score (nSPS) is 11.5. The maximum absolute atomic E-state index is 12.6. The molecule has 0 bridgehead atoms. The van der Waals surface area contributed by atoms with Crippen molar-refractivity contribution in [3.05, 3.63) is 89.8 Å². The van der Waals surface area contributed by atoms with Crippen molar-refractivity contribution in [2.75, 3.05) is 17.7 Å². The average molecular weight is 490 g/mol. The molecular weight excluding hydrogens is 466 g/mol. The molecule has 4 aromatic rings. The van der Waals surface area contributed by atoms with Gasteiger partial charge in [-0.1, -0.05) is 30.3 Å². The number of methoxy groups -OCH3 is 1. The van der Waals surface area contributed by atoms with E-state index >= 15 is 0 Å². The van der Waals surface area contributed by atoms with Crippen LogP contribution in [0.15, 0.2) is 89.1 Å². The highest BCUT2D eigenvalue weighted by Gasteiger charge is 2.16. The van der Waals surface area contributed by atoms with E-state index in [0.29, 0.717) is 22.1 Å². The summed E-state index contributed by atoms with van der Waals surface area (Å²) in [5, 5.41) is 7.96. The molecule has 172 valence electrons. The lowest BCUT2D eigenvalue weighted by Gasteiger charge is -2.11. The van der Waals surface area contributed by atoms with E-state index in [2.05, 4.69) is 15.6 Å². The van der Waals surface area contributed by atoms with Gasteiger partial charge < -0.3 is 15.4 Å². The second-order valence-corrected chi connectivity index (χ2v) is 9.63. The van der Waals surface area contributed by atoms with Crippen LogP contribution in [-0.2, 0) is 4.79 Å². The van der Waals surface area contributed by atoms with Crippen LogP contribution in [0.1, 0.15) is 17.3 Å². The first-order valence-corrected chi connectivity index (χ1v) is 12.3. The van der Waals surface area contributed by atoms with E-state index in [9.17, 15) is 9.59 Å². The molecule has 2 N–H and O–H groups in total. The Labute approximate surface area is 206 Å². The van der Waals surface area contributed by atoms with Gasteiger partial charge in [0.15, 0.2) is 5.13 Å². The average Bonchev–Trinajstić information content (AvgIpc) is 3.34. The van der Waals surface area contributed by atoms with Gasteiger partial charge in [0.1, 0.15) is 5.75 Å². The van der Waals surface area contributed by atoms with Gasteiger partial charge in [-0.15, -0.1) is 23.1 Å². The molecule has 34 heavy (non-hydrogen) atoms. The molecule has 3 aromatic carbocycles. The molecule has 0 spiro atoms. The zero-order valence-electron chi connectivity index (χ0n) is 18.6. The summed E-state index contributed by atoms with van der Waals surface area (Å²) in [5.41, 5.74) is 3.08. The highest BCUT2D eigenvalue weighted by atomic mass is 32.2. The monoisotopic (exact) mass is 489 g/mol. The molecule has 0 aliphatic heterocycles. The molecule has 1 heterocycles. The molecule has 1 unspecified atom stereocenters. The van der Waals surface area contributed by atoms with Crippen LogP contribution in [0.4, 0.5) is 10.8 Å². The number of rotatable bonds is 8. The summed E-state index contributed by atoms with van der Waals surface area (Å²) in [6.45, 7) is 1.85. The molecule has 0 aliphatic carbocycles. The number of nitrogens with zero attached hydrogens (tertiary/aromatic N) is 1. The Morgan fingerprint density at radius 3 is 2.32 bits per heavy atom. The first kappa shape index (κ1) is 23.5. The minimum absolute atomic E-state index is 0.115. The van der Waals surface area contributed by atoms with Gasteiger partial charge in [0.25, 0.3) is 5.91 Å². The Bertz CT molecular complexity index is 1260. The van der Waals surface area contributed by atoms with Crippen molar-refractivity contribution in [1.29, 1.82) is 0 Å². The number of hydrogen-bond acceptors (Lipinski definition) is 6. The van der Waals surface area contributed by atoms with Crippen molar-refractivity contribution >= 4 is 45.7 Å². The summed E-state index contributed by atoms with van der Waals surface area (Å²) in [6, 6.07) is 24.2. The third-order valence-electron chi connectivity index (χ3n) is 4.95. The lowest BCUT2D eigenvalue weighted by Crippen LogP contribution is -2.22. The van der Waals surface area contributed by atoms with E-state index in [0.717, 1.165) is 16.2 Å². The predicted molar refractivity (Wildman–Crippen MR) is 139 cm³/mol. The summed E-state index contributed by atoms with van der Waals surface area (Å²) in [4.78, 5) is 30.5. The van der Waals surface area contributed by atoms with Gasteiger partial charge in [0.05, 0.1) is 18.1 Å². The quantitative estimate of drug-likeness (QED) is 0.289. The number of amides is 2. The van der Waals surface area contributed by atoms with Crippen LogP contribution >= 0.6 is 23.1 Å². The predicted octanol–water partition coefficient (Wildman–Crippen LogP) is 6.19. The van der Waals surface area contributed by atoms with E-state index in [1.807, 2.05) is 66.9 Å². The number of carbonyl (C=O) groups excluding carboxylic acids is 2. The number of nitrogens with one attached hydrogen (secondary N) is 2. The minimum Gasteiger partial charge on any atom is -0.497 e. The molecule has 4 rings (SSSR count). The SMILES string of the molecule is COc1ccc(C(=O)Nc2ccc(SC(C)C(=O)Nc3nc(-c4ccccc4)cs3)cc2)cc1. The summed E-state index contributed by atoms with van der Waals surface area (Å²) in [5.74, 6) is 0.382. The molecule has 2 amide bonds. The molecule has 0 saturated heterocycles. The number of benzene rings is 3. The first-order chi connectivity index (χ1) is 16.5. The van der Waals surface area contributed by atoms with Crippen LogP contribution in [0.5, 0.6) is 5.75 Å². The van der Waals surface area contributed by atoms with Gasteiger partial charge in [0, 0.05) is 27.1 Å². The maximum atomic E-state index is 12.6. The summed E-state index contributed by atoms with van der Waals surface area (Å²) >= 11 is 2.85. The van der Waals surface area contributed by atoms with Gasteiger partial charge in [-0.05, 0) is 55.5 Å². The van der Waals surface area contributed by atoms with Gasteiger partial charge in [-0.25, -0.2) is 4.98 Å². The summed E-state index contributed by atoms with van der Waals surface area (Å²) in [6.07, 6.45) is 0. The van der Waals surface area contributed by atoms with Crippen molar-refractivity contribution in [1.82, 2.24) is 4.98 Å². The van der Waals surface area contributed by atoms with Crippen LogP contribution in [-0.4, -0.2) is 29.2 Å². The number of anilines is 2. The molecule has 1 aromatic heterocycles. The smallest absolute Gasteiger partial charge is 0.255 e. The van der Waals surface area contributed by atoms with E-state index in [1.165, 1.54) is 23.1 Å². The third-order valence-corrected chi connectivity index (χ3v) is 6.82. The molecule has 6 nitrogen and oxygen atoms in total. The number of aromatic nitrogens is 1. The number of thioether (sulfide) groups is 1. The second-order valence-electron chi connectivity index (χ2n) is 7.36. The van der Waals surface area contributed by atoms with E-state index < -0.39 is 0 Å². The lowest BCUT2D eigenvalue weighted by atomic mass is 10.2. The summed E-state index contributed by atoms with van der Waals surface area (Å²) < 4.78 is 5.12. The Balaban J connectivity index is 1.30. The fourth-order valence-corrected chi connectivity index (χ4v) is 4.69. The molecule has 0 saturated carbocycles. The van der Waals surface area contributed by atoms with Crippen LogP contribution < -0.4 is 15.4 Å². The van der Waals surface area contributed by atoms with Gasteiger partial charge in [-0.2, -0.15) is 0 Å². The summed E-state index contributed by atoms with van der Waals surface area (Å²) in [7, 11) is 1.58. The standard InChI is InChI=1S/C26H23N3O3S2/c1-17(24(30)29-26-28-23(16-33-26)18-6-4-3-5-7-18)34-22-14-10-20(11-15-22)27-25(31)19-8-12-21(32-2)13-9-19/h3-17H,1-2H3,(H,27,31)(H,28,29,30). The fourth-order valence-electron chi connectivity index (χ4n) is 3.10. The van der Waals surface area contributed by atoms with Crippen LogP contribution in [0, 0.1) is 0 Å². The zero-order chi connectivity index (χ0) is 23.9. The van der Waals surface area contributed by atoms with Gasteiger partial charge in [0.2, 0.25) is 5.91 Å². The number of carbonyl (C=O) groups is 2. The molecule has 0 radical (unpaired) electrons. The Morgan fingerprint density at radius 2 is 1.65 bits per heavy atom. The van der Waals surface area contributed by atoms with Crippen molar-refractivity contribution < 1.29 is 14.3 Å². The van der Waals surface area contributed by atoms with Crippen LogP contribution in [0.3, 0.4) is 0 Å². The largest absolute Gasteiger partial charge is 0.497 e. The van der Waals surface area contributed by atoms with Crippen molar-refractivity contribution in [2.24, 2.45) is 0 Å². The van der Waals surface area contributed by atoms with Crippen molar-refractivity contribution in [3.63, 3.8) is 0 Å². The van der Waals surface area contributed by atoms with Crippen molar-refractivity contribution in [2.45, 2.75) is 17.1 Å². The minimum atomic E-state index is -0.316. The molecule has 1 atom stereocenters. The van der Waals surface area contributed by atoms with E-state index in [-0.39, 0.29) is 17.1 Å². The highest BCUT2D eigenvalue weighted by Crippen LogP contribution is 2.28. The maximum Gasteiger partial charge on any atom is 0.255 e. The second kappa shape index (κ2) is 11.0. The topological polar surface area (TPSA) is 80.3 Å². The zero-order valence-corrected chi connectivity index (χ0v) is 20.3. The van der Waals surface area contributed by atoms with Crippen molar-refractivity contribution in [3.8, 4) is 17.0 Å². The number of ether oxygens (including phenoxy) is 1. The van der Waals surface area contributed by atoms with Crippen LogP contribution in [0.2, 0.25) is 0 Å².